The van der Waals surface area contributed by atoms with E-state index in [4.69, 9.17) is 5.73 Å². The van der Waals surface area contributed by atoms with Gasteiger partial charge in [-0.2, -0.15) is 4.37 Å². The minimum atomic E-state index is -3.35. The van der Waals surface area contributed by atoms with Gasteiger partial charge in [0, 0.05) is 11.0 Å². The fourth-order valence-electron chi connectivity index (χ4n) is 2.04. The van der Waals surface area contributed by atoms with Crippen LogP contribution >= 0.6 is 27.5 Å². The van der Waals surface area contributed by atoms with E-state index in [-0.39, 0.29) is 16.0 Å². The number of sulfone groups is 1. The Balaban J connectivity index is 1.86. The fourth-order valence-corrected chi connectivity index (χ4v) is 5.35. The number of hydrogen-bond donors (Lipinski definition) is 2. The van der Waals surface area contributed by atoms with Crippen LogP contribution in [0.1, 0.15) is 18.4 Å². The number of nitrogens with two attached hydrogens (primary N) is 1. The van der Waals surface area contributed by atoms with Gasteiger partial charge in [-0.15, -0.1) is 0 Å². The molecule has 0 unspecified atom stereocenters. The van der Waals surface area contributed by atoms with Crippen molar-refractivity contribution in [3.8, 4) is 0 Å². The summed E-state index contributed by atoms with van der Waals surface area (Å²) >= 11 is 4.56. The molecule has 0 bridgehead atoms. The summed E-state index contributed by atoms with van der Waals surface area (Å²) in [5.41, 5.74) is 6.80. The third kappa shape index (κ3) is 2.93. The maximum Gasteiger partial charge on any atom is 0.187 e. The lowest BCUT2D eigenvalue weighted by Gasteiger charge is -2.09. The summed E-state index contributed by atoms with van der Waals surface area (Å²) in [4.78, 5) is 0.169. The van der Waals surface area contributed by atoms with Gasteiger partial charge < -0.3 is 11.1 Å². The van der Waals surface area contributed by atoms with Crippen LogP contribution < -0.4 is 11.1 Å². The van der Waals surface area contributed by atoms with Gasteiger partial charge in [0.25, 0.3) is 0 Å². The third-order valence-corrected chi connectivity index (χ3v) is 7.37. The Kier molecular flexibility index (Phi) is 3.94. The fraction of sp³-hybridized carbons (Fsp3) is 0.308. The van der Waals surface area contributed by atoms with Crippen LogP contribution in [0.15, 0.2) is 33.6 Å². The lowest BCUT2D eigenvalue weighted by molar-refractivity contribution is 0.595. The molecule has 112 valence electrons. The van der Waals surface area contributed by atoms with Crippen LogP contribution in [0, 0.1) is 0 Å². The first kappa shape index (κ1) is 14.8. The van der Waals surface area contributed by atoms with Gasteiger partial charge in [-0.25, -0.2) is 8.42 Å². The monoisotopic (exact) mass is 387 g/mol. The molecule has 5 nitrogen and oxygen atoms in total. The second-order valence-electron chi connectivity index (χ2n) is 4.92. The average molecular weight is 388 g/mol. The lowest BCUT2D eigenvalue weighted by Crippen LogP contribution is -2.11. The SMILES string of the molecule is Nc1nsc(NCc2ccccc2Br)c1S(=O)(=O)C1CC1. The molecule has 0 spiro atoms. The molecule has 1 aliphatic rings. The number of hydrogen-bond acceptors (Lipinski definition) is 6. The number of benzene rings is 1. The van der Waals surface area contributed by atoms with Crippen molar-refractivity contribution >= 4 is 48.1 Å². The molecule has 2 aromatic rings. The van der Waals surface area contributed by atoms with E-state index >= 15 is 0 Å². The van der Waals surface area contributed by atoms with Gasteiger partial charge in [-0.05, 0) is 36.0 Å². The van der Waals surface area contributed by atoms with Crippen LogP contribution in [-0.2, 0) is 16.4 Å². The minimum Gasteiger partial charge on any atom is -0.382 e. The van der Waals surface area contributed by atoms with E-state index in [9.17, 15) is 8.42 Å². The smallest absolute Gasteiger partial charge is 0.187 e. The molecular formula is C13H14BrN3O2S2. The number of nitrogens with one attached hydrogen (secondary N) is 1. The van der Waals surface area contributed by atoms with Crippen LogP contribution in [-0.4, -0.2) is 18.0 Å². The molecule has 1 fully saturated rings. The molecule has 3 rings (SSSR count). The van der Waals surface area contributed by atoms with Crippen molar-refractivity contribution < 1.29 is 8.42 Å². The van der Waals surface area contributed by atoms with Crippen LogP contribution in [0.25, 0.3) is 0 Å². The van der Waals surface area contributed by atoms with Crippen molar-refractivity contribution in [2.45, 2.75) is 29.5 Å². The maximum atomic E-state index is 12.4. The molecule has 1 aromatic heterocycles. The Hall–Kier alpha value is -1.12. The van der Waals surface area contributed by atoms with E-state index in [1.54, 1.807) is 0 Å². The maximum absolute atomic E-state index is 12.4. The molecule has 0 radical (unpaired) electrons. The van der Waals surface area contributed by atoms with Crippen LogP contribution in [0.3, 0.4) is 0 Å². The Bertz CT molecular complexity index is 769. The predicted molar refractivity (Wildman–Crippen MR) is 88.2 cm³/mol. The van der Waals surface area contributed by atoms with Gasteiger partial charge in [0.2, 0.25) is 0 Å². The zero-order chi connectivity index (χ0) is 15.0. The number of anilines is 2. The molecule has 1 saturated carbocycles. The van der Waals surface area contributed by atoms with Crippen LogP contribution in [0.5, 0.6) is 0 Å². The molecule has 0 atom stereocenters. The van der Waals surface area contributed by atoms with Crippen molar-refractivity contribution in [2.75, 3.05) is 11.1 Å². The molecule has 3 N–H and O–H groups in total. The van der Waals surface area contributed by atoms with Crippen molar-refractivity contribution in [1.29, 1.82) is 0 Å². The van der Waals surface area contributed by atoms with E-state index in [1.165, 1.54) is 0 Å². The topological polar surface area (TPSA) is 85.1 Å². The van der Waals surface area contributed by atoms with Gasteiger partial charge in [0.15, 0.2) is 15.7 Å². The van der Waals surface area contributed by atoms with Crippen molar-refractivity contribution in [2.24, 2.45) is 0 Å². The summed E-state index contributed by atoms with van der Waals surface area (Å²) in [7, 11) is -3.35. The van der Waals surface area contributed by atoms with E-state index in [1.807, 2.05) is 24.3 Å². The Morgan fingerprint density at radius 2 is 2.10 bits per heavy atom. The molecule has 0 aliphatic heterocycles. The first-order chi connectivity index (χ1) is 10.00. The number of halogens is 1. The molecule has 0 amide bonds. The number of nitrogen functional groups attached to an aromatic ring is 1. The van der Waals surface area contributed by atoms with Gasteiger partial charge in [0.1, 0.15) is 9.90 Å². The summed E-state index contributed by atoms with van der Waals surface area (Å²) < 4.78 is 29.8. The molecule has 1 heterocycles. The Labute approximate surface area is 135 Å². The van der Waals surface area contributed by atoms with Gasteiger partial charge in [-0.1, -0.05) is 34.1 Å². The normalized spacial score (nSPS) is 15.1. The highest BCUT2D eigenvalue weighted by atomic mass is 79.9. The molecule has 1 aromatic carbocycles. The van der Waals surface area contributed by atoms with E-state index < -0.39 is 9.84 Å². The largest absolute Gasteiger partial charge is 0.382 e. The summed E-state index contributed by atoms with van der Waals surface area (Å²) in [6.45, 7) is 0.510. The highest BCUT2D eigenvalue weighted by Crippen LogP contribution is 2.41. The highest BCUT2D eigenvalue weighted by molar-refractivity contribution is 9.10. The quantitative estimate of drug-likeness (QED) is 0.823. The van der Waals surface area contributed by atoms with Crippen LogP contribution in [0.2, 0.25) is 0 Å². The molecule has 0 saturated heterocycles. The van der Waals surface area contributed by atoms with Gasteiger partial charge >= 0.3 is 0 Å². The number of nitrogens with zero attached hydrogens (tertiary/aromatic N) is 1. The van der Waals surface area contributed by atoms with E-state index in [0.29, 0.717) is 24.4 Å². The number of aromatic nitrogens is 1. The zero-order valence-corrected chi connectivity index (χ0v) is 14.3. The Morgan fingerprint density at radius 1 is 1.38 bits per heavy atom. The lowest BCUT2D eigenvalue weighted by atomic mass is 10.2. The van der Waals surface area contributed by atoms with Crippen molar-refractivity contribution in [3.05, 3.63) is 34.3 Å². The predicted octanol–water partition coefficient (Wildman–Crippen LogP) is 3.04. The zero-order valence-electron chi connectivity index (χ0n) is 11.0. The second kappa shape index (κ2) is 5.58. The molecule has 21 heavy (non-hydrogen) atoms. The van der Waals surface area contributed by atoms with Gasteiger partial charge in [-0.3, -0.25) is 0 Å². The second-order valence-corrected chi connectivity index (χ2v) is 8.71. The van der Waals surface area contributed by atoms with Crippen molar-refractivity contribution in [3.63, 3.8) is 0 Å². The first-order valence-electron chi connectivity index (χ1n) is 6.46. The standard InChI is InChI=1S/C13H14BrN3O2S2/c14-10-4-2-1-3-8(10)7-16-13-11(12(15)17-20-13)21(18,19)9-5-6-9/h1-4,9,16H,5-7H2,(H2,15,17). The average Bonchev–Trinajstić information content (AvgIpc) is 3.23. The molecule has 1 aliphatic carbocycles. The van der Waals surface area contributed by atoms with Crippen LogP contribution in [0.4, 0.5) is 10.8 Å². The molecule has 8 heteroatoms. The minimum absolute atomic E-state index is 0.0986. The van der Waals surface area contributed by atoms with E-state index in [2.05, 4.69) is 25.6 Å². The number of rotatable bonds is 5. The highest BCUT2D eigenvalue weighted by Gasteiger charge is 2.40. The summed E-state index contributed by atoms with van der Waals surface area (Å²) in [5.74, 6) is 0.0986. The summed E-state index contributed by atoms with van der Waals surface area (Å²) in [5, 5.41) is 3.38. The van der Waals surface area contributed by atoms with E-state index in [0.717, 1.165) is 21.6 Å². The molecular weight excluding hydrogens is 374 g/mol. The first-order valence-corrected chi connectivity index (χ1v) is 9.57. The third-order valence-electron chi connectivity index (χ3n) is 3.32. The van der Waals surface area contributed by atoms with Gasteiger partial charge in [0.05, 0.1) is 5.25 Å². The van der Waals surface area contributed by atoms with Crippen molar-refractivity contribution in [1.82, 2.24) is 4.37 Å². The Morgan fingerprint density at radius 3 is 2.76 bits per heavy atom. The summed E-state index contributed by atoms with van der Waals surface area (Å²) in [6.07, 6.45) is 1.42. The summed E-state index contributed by atoms with van der Waals surface area (Å²) in [6, 6.07) is 7.78.